The van der Waals surface area contributed by atoms with Crippen molar-refractivity contribution in [1.29, 1.82) is 0 Å². The molecule has 0 aliphatic carbocycles. The standard InChI is InChI=1S/C13H22N4O/c1-4-7-17(11-5-6-14-8-11)13(18)12-9-16(3)15-10(12)2/h9,11,14H,4-8H2,1-3H3/t11-/m0/s1. The van der Waals surface area contributed by atoms with E-state index < -0.39 is 0 Å². The van der Waals surface area contributed by atoms with E-state index in [-0.39, 0.29) is 5.91 Å². The maximum Gasteiger partial charge on any atom is 0.257 e. The van der Waals surface area contributed by atoms with Gasteiger partial charge < -0.3 is 10.2 Å². The van der Waals surface area contributed by atoms with E-state index in [0.717, 1.165) is 43.7 Å². The summed E-state index contributed by atoms with van der Waals surface area (Å²) < 4.78 is 1.71. The highest BCUT2D eigenvalue weighted by atomic mass is 16.2. The normalized spacial score (nSPS) is 19.2. The topological polar surface area (TPSA) is 50.2 Å². The molecule has 1 N–H and O–H groups in total. The molecule has 5 heteroatoms. The van der Waals surface area contributed by atoms with Crippen molar-refractivity contribution < 1.29 is 4.79 Å². The van der Waals surface area contributed by atoms with Gasteiger partial charge in [0.1, 0.15) is 0 Å². The van der Waals surface area contributed by atoms with Crippen LogP contribution < -0.4 is 5.32 Å². The molecule has 18 heavy (non-hydrogen) atoms. The lowest BCUT2D eigenvalue weighted by Gasteiger charge is -2.28. The summed E-state index contributed by atoms with van der Waals surface area (Å²) in [6.07, 6.45) is 3.86. The van der Waals surface area contributed by atoms with Crippen molar-refractivity contribution in [2.45, 2.75) is 32.7 Å². The van der Waals surface area contributed by atoms with Crippen molar-refractivity contribution >= 4 is 5.91 Å². The molecule has 5 nitrogen and oxygen atoms in total. The number of amides is 1. The number of nitrogens with zero attached hydrogens (tertiary/aromatic N) is 3. The first-order valence-electron chi connectivity index (χ1n) is 6.65. The van der Waals surface area contributed by atoms with Crippen molar-refractivity contribution in [2.75, 3.05) is 19.6 Å². The molecule has 0 bridgehead atoms. The SMILES string of the molecule is CCCN(C(=O)c1cn(C)nc1C)[C@H]1CCNC1. The van der Waals surface area contributed by atoms with E-state index in [9.17, 15) is 4.79 Å². The number of hydrogen-bond acceptors (Lipinski definition) is 3. The fourth-order valence-corrected chi connectivity index (χ4v) is 2.56. The third kappa shape index (κ3) is 2.56. The molecule has 0 radical (unpaired) electrons. The van der Waals surface area contributed by atoms with Gasteiger partial charge in [0, 0.05) is 32.4 Å². The smallest absolute Gasteiger partial charge is 0.257 e. The zero-order valence-electron chi connectivity index (χ0n) is 11.4. The molecule has 2 heterocycles. The number of carbonyl (C=O) groups excluding carboxylic acids is 1. The van der Waals surface area contributed by atoms with Gasteiger partial charge in [-0.25, -0.2) is 0 Å². The summed E-state index contributed by atoms with van der Waals surface area (Å²) in [6.45, 7) is 6.73. The molecule has 1 saturated heterocycles. The van der Waals surface area contributed by atoms with Gasteiger partial charge >= 0.3 is 0 Å². The molecule has 0 spiro atoms. The van der Waals surface area contributed by atoms with Crippen molar-refractivity contribution in [1.82, 2.24) is 20.0 Å². The fourth-order valence-electron chi connectivity index (χ4n) is 2.56. The fraction of sp³-hybridized carbons (Fsp3) is 0.692. The van der Waals surface area contributed by atoms with Crippen LogP contribution in [0, 0.1) is 6.92 Å². The summed E-state index contributed by atoms with van der Waals surface area (Å²) in [4.78, 5) is 14.6. The largest absolute Gasteiger partial charge is 0.334 e. The molecule has 0 unspecified atom stereocenters. The minimum absolute atomic E-state index is 0.121. The van der Waals surface area contributed by atoms with Gasteiger partial charge in [-0.1, -0.05) is 6.92 Å². The van der Waals surface area contributed by atoms with Gasteiger partial charge in [0.05, 0.1) is 11.3 Å². The second-order valence-corrected chi connectivity index (χ2v) is 4.95. The van der Waals surface area contributed by atoms with Crippen molar-refractivity contribution in [3.8, 4) is 0 Å². The van der Waals surface area contributed by atoms with Gasteiger partial charge in [-0.2, -0.15) is 5.10 Å². The van der Waals surface area contributed by atoms with Crippen LogP contribution in [0.25, 0.3) is 0 Å². The Hall–Kier alpha value is -1.36. The molecule has 2 rings (SSSR count). The highest BCUT2D eigenvalue weighted by Gasteiger charge is 2.28. The summed E-state index contributed by atoms with van der Waals surface area (Å²) in [5.74, 6) is 0.121. The van der Waals surface area contributed by atoms with E-state index in [2.05, 4.69) is 17.3 Å². The maximum absolute atomic E-state index is 12.6. The molecule has 1 fully saturated rings. The second kappa shape index (κ2) is 5.52. The number of aryl methyl sites for hydroxylation is 2. The van der Waals surface area contributed by atoms with Gasteiger partial charge in [0.2, 0.25) is 0 Å². The molecule has 1 aliphatic heterocycles. The minimum Gasteiger partial charge on any atom is -0.334 e. The summed E-state index contributed by atoms with van der Waals surface area (Å²) in [5.41, 5.74) is 1.55. The lowest BCUT2D eigenvalue weighted by atomic mass is 10.1. The molecule has 1 atom stereocenters. The zero-order valence-corrected chi connectivity index (χ0v) is 11.4. The molecular weight excluding hydrogens is 228 g/mol. The Labute approximate surface area is 108 Å². The molecular formula is C13H22N4O. The molecule has 0 saturated carbocycles. The van der Waals surface area contributed by atoms with Gasteiger partial charge in [-0.3, -0.25) is 9.48 Å². The molecule has 1 aromatic rings. The van der Waals surface area contributed by atoms with Gasteiger partial charge in [-0.15, -0.1) is 0 Å². The number of aromatic nitrogens is 2. The quantitative estimate of drug-likeness (QED) is 0.865. The molecule has 1 aromatic heterocycles. The van der Waals surface area contributed by atoms with Crippen LogP contribution in [-0.2, 0) is 7.05 Å². The van der Waals surface area contributed by atoms with Gasteiger partial charge in [-0.05, 0) is 26.3 Å². The van der Waals surface area contributed by atoms with Crippen molar-refractivity contribution in [2.24, 2.45) is 7.05 Å². The molecule has 0 aromatic carbocycles. The van der Waals surface area contributed by atoms with Crippen molar-refractivity contribution in [3.63, 3.8) is 0 Å². The minimum atomic E-state index is 0.121. The molecule has 100 valence electrons. The van der Waals surface area contributed by atoms with Gasteiger partial charge in [0.25, 0.3) is 5.91 Å². The Morgan fingerprint density at radius 1 is 1.67 bits per heavy atom. The Morgan fingerprint density at radius 2 is 2.44 bits per heavy atom. The highest BCUT2D eigenvalue weighted by molar-refractivity contribution is 5.95. The summed E-state index contributed by atoms with van der Waals surface area (Å²) in [7, 11) is 1.85. The number of carbonyl (C=O) groups is 1. The molecule has 1 aliphatic rings. The molecule has 1 amide bonds. The number of hydrogen-bond donors (Lipinski definition) is 1. The highest BCUT2D eigenvalue weighted by Crippen LogP contribution is 2.15. The van der Waals surface area contributed by atoms with Crippen LogP contribution in [0.15, 0.2) is 6.20 Å². The van der Waals surface area contributed by atoms with Crippen molar-refractivity contribution in [3.05, 3.63) is 17.5 Å². The van der Waals surface area contributed by atoms with Crippen LogP contribution in [-0.4, -0.2) is 46.3 Å². The van der Waals surface area contributed by atoms with Crippen LogP contribution in [0.2, 0.25) is 0 Å². The summed E-state index contributed by atoms with van der Waals surface area (Å²) >= 11 is 0. The summed E-state index contributed by atoms with van der Waals surface area (Å²) in [6, 6.07) is 0.331. The third-order valence-electron chi connectivity index (χ3n) is 3.44. The van der Waals surface area contributed by atoms with E-state index in [1.165, 1.54) is 0 Å². The maximum atomic E-state index is 12.6. The van der Waals surface area contributed by atoms with E-state index in [4.69, 9.17) is 0 Å². The second-order valence-electron chi connectivity index (χ2n) is 4.95. The van der Waals surface area contributed by atoms with E-state index >= 15 is 0 Å². The third-order valence-corrected chi connectivity index (χ3v) is 3.44. The van der Waals surface area contributed by atoms with E-state index in [1.807, 2.05) is 25.1 Å². The van der Waals surface area contributed by atoms with Crippen LogP contribution in [0.4, 0.5) is 0 Å². The van der Waals surface area contributed by atoms with Crippen LogP contribution in [0.3, 0.4) is 0 Å². The Balaban J connectivity index is 2.19. The average molecular weight is 250 g/mol. The van der Waals surface area contributed by atoms with Crippen LogP contribution in [0.5, 0.6) is 0 Å². The first-order chi connectivity index (χ1) is 8.63. The Bertz CT molecular complexity index is 421. The van der Waals surface area contributed by atoms with Crippen LogP contribution in [0.1, 0.15) is 35.8 Å². The number of nitrogens with one attached hydrogen (secondary N) is 1. The predicted octanol–water partition coefficient (Wildman–Crippen LogP) is 0.943. The first kappa shape index (κ1) is 13.1. The lowest BCUT2D eigenvalue weighted by Crippen LogP contribution is -2.42. The Kier molecular flexibility index (Phi) is 4.01. The zero-order chi connectivity index (χ0) is 13.1. The Morgan fingerprint density at radius 3 is 2.94 bits per heavy atom. The van der Waals surface area contributed by atoms with E-state index in [0.29, 0.717) is 6.04 Å². The first-order valence-corrected chi connectivity index (χ1v) is 6.65. The van der Waals surface area contributed by atoms with Gasteiger partial charge in [0.15, 0.2) is 0 Å². The van der Waals surface area contributed by atoms with Crippen LogP contribution >= 0.6 is 0 Å². The summed E-state index contributed by atoms with van der Waals surface area (Å²) in [5, 5.41) is 7.58. The predicted molar refractivity (Wildman–Crippen MR) is 70.5 cm³/mol. The number of rotatable bonds is 4. The average Bonchev–Trinajstić information content (AvgIpc) is 2.95. The lowest BCUT2D eigenvalue weighted by molar-refractivity contribution is 0.0691. The van der Waals surface area contributed by atoms with E-state index in [1.54, 1.807) is 4.68 Å². The monoisotopic (exact) mass is 250 g/mol.